The minimum atomic E-state index is 0.626. The van der Waals surface area contributed by atoms with Gasteiger partial charge < -0.3 is 5.73 Å². The van der Waals surface area contributed by atoms with Gasteiger partial charge in [0.1, 0.15) is 0 Å². The second kappa shape index (κ2) is 6.62. The lowest BCUT2D eigenvalue weighted by Crippen LogP contribution is -2.00. The van der Waals surface area contributed by atoms with Crippen molar-refractivity contribution in [2.24, 2.45) is 5.73 Å². The van der Waals surface area contributed by atoms with E-state index in [1.165, 1.54) is 22.3 Å². The van der Waals surface area contributed by atoms with Gasteiger partial charge >= 0.3 is 0 Å². The number of rotatable bonds is 5. The van der Waals surface area contributed by atoms with Gasteiger partial charge in [-0.05, 0) is 29.2 Å². The van der Waals surface area contributed by atoms with Gasteiger partial charge in [-0.25, -0.2) is 0 Å². The maximum atomic E-state index is 5.75. The summed E-state index contributed by atoms with van der Waals surface area (Å²) in [6.45, 7) is 2.80. The van der Waals surface area contributed by atoms with Crippen molar-refractivity contribution in [3.63, 3.8) is 0 Å². The Kier molecular flexibility index (Phi) is 4.85. The quantitative estimate of drug-likeness (QED) is 0.879. The molecule has 0 bridgehead atoms. The first-order chi connectivity index (χ1) is 8.81. The van der Waals surface area contributed by atoms with E-state index in [1.807, 2.05) is 11.8 Å². The van der Waals surface area contributed by atoms with Crippen LogP contribution in [0.25, 0.3) is 0 Å². The smallest absolute Gasteiger partial charge is 0.0191 e. The standard InChI is InChI=1S/C16H19NS/c1-13-6-2-3-8-15(13)11-18-12-16-9-5-4-7-14(16)10-17/h2-9H,10-12,17H2,1H3. The molecule has 0 saturated carbocycles. The van der Waals surface area contributed by atoms with Crippen LogP contribution in [0, 0.1) is 6.92 Å². The molecule has 0 heterocycles. The van der Waals surface area contributed by atoms with Gasteiger partial charge in [-0.15, -0.1) is 0 Å². The van der Waals surface area contributed by atoms with E-state index in [0.29, 0.717) is 6.54 Å². The molecule has 0 spiro atoms. The number of hydrogen-bond acceptors (Lipinski definition) is 2. The summed E-state index contributed by atoms with van der Waals surface area (Å²) in [6.07, 6.45) is 0. The van der Waals surface area contributed by atoms with Crippen LogP contribution in [0.15, 0.2) is 48.5 Å². The molecule has 18 heavy (non-hydrogen) atoms. The minimum Gasteiger partial charge on any atom is -0.326 e. The lowest BCUT2D eigenvalue weighted by atomic mass is 10.1. The van der Waals surface area contributed by atoms with E-state index in [0.717, 1.165) is 11.5 Å². The summed E-state index contributed by atoms with van der Waals surface area (Å²) in [4.78, 5) is 0. The zero-order chi connectivity index (χ0) is 12.8. The third-order valence-electron chi connectivity index (χ3n) is 3.11. The highest BCUT2D eigenvalue weighted by Gasteiger charge is 2.01. The van der Waals surface area contributed by atoms with Crippen LogP contribution in [0.1, 0.15) is 22.3 Å². The minimum absolute atomic E-state index is 0.626. The first-order valence-electron chi connectivity index (χ1n) is 6.20. The Morgan fingerprint density at radius 2 is 1.39 bits per heavy atom. The summed E-state index contributed by atoms with van der Waals surface area (Å²) < 4.78 is 0. The van der Waals surface area contributed by atoms with Crippen molar-refractivity contribution in [2.45, 2.75) is 25.0 Å². The number of aryl methyl sites for hydroxylation is 1. The molecule has 0 amide bonds. The van der Waals surface area contributed by atoms with Crippen molar-refractivity contribution in [1.82, 2.24) is 0 Å². The van der Waals surface area contributed by atoms with E-state index < -0.39 is 0 Å². The highest BCUT2D eigenvalue weighted by atomic mass is 32.2. The normalized spacial score (nSPS) is 10.6. The summed E-state index contributed by atoms with van der Waals surface area (Å²) in [6, 6.07) is 17.0. The third-order valence-corrected chi connectivity index (χ3v) is 4.14. The first kappa shape index (κ1) is 13.2. The molecule has 2 aromatic carbocycles. The van der Waals surface area contributed by atoms with E-state index in [-0.39, 0.29) is 0 Å². The molecular weight excluding hydrogens is 238 g/mol. The molecule has 0 atom stereocenters. The number of benzene rings is 2. The maximum absolute atomic E-state index is 5.75. The molecule has 0 radical (unpaired) electrons. The van der Waals surface area contributed by atoms with Crippen LogP contribution in [0.5, 0.6) is 0 Å². The molecule has 0 unspecified atom stereocenters. The van der Waals surface area contributed by atoms with Gasteiger partial charge in [-0.3, -0.25) is 0 Å². The van der Waals surface area contributed by atoms with Crippen LogP contribution in [-0.2, 0) is 18.1 Å². The zero-order valence-electron chi connectivity index (χ0n) is 10.7. The zero-order valence-corrected chi connectivity index (χ0v) is 11.5. The van der Waals surface area contributed by atoms with Crippen LogP contribution in [0.4, 0.5) is 0 Å². The molecule has 2 heteroatoms. The number of thioether (sulfide) groups is 1. The van der Waals surface area contributed by atoms with Gasteiger partial charge in [-0.1, -0.05) is 48.5 Å². The lowest BCUT2D eigenvalue weighted by Gasteiger charge is -2.08. The molecule has 0 fully saturated rings. The summed E-state index contributed by atoms with van der Waals surface area (Å²) in [5, 5.41) is 0. The van der Waals surface area contributed by atoms with Crippen LogP contribution < -0.4 is 5.73 Å². The van der Waals surface area contributed by atoms with Crippen molar-refractivity contribution in [1.29, 1.82) is 0 Å². The van der Waals surface area contributed by atoms with Gasteiger partial charge in [0.05, 0.1) is 0 Å². The maximum Gasteiger partial charge on any atom is 0.0191 e. The van der Waals surface area contributed by atoms with E-state index in [1.54, 1.807) is 0 Å². The highest BCUT2D eigenvalue weighted by Crippen LogP contribution is 2.21. The molecule has 0 aliphatic carbocycles. The lowest BCUT2D eigenvalue weighted by molar-refractivity contribution is 1.04. The molecule has 94 valence electrons. The summed E-state index contributed by atoms with van der Waals surface area (Å²) >= 11 is 1.95. The number of nitrogens with two attached hydrogens (primary N) is 1. The largest absolute Gasteiger partial charge is 0.326 e. The van der Waals surface area contributed by atoms with Crippen molar-refractivity contribution >= 4 is 11.8 Å². The predicted molar refractivity (Wildman–Crippen MR) is 80.5 cm³/mol. The Bertz CT molecular complexity index is 508. The Labute approximate surface area is 113 Å². The van der Waals surface area contributed by atoms with Gasteiger partial charge in [0.15, 0.2) is 0 Å². The molecule has 0 saturated heterocycles. The van der Waals surface area contributed by atoms with Crippen LogP contribution >= 0.6 is 11.8 Å². The molecular formula is C16H19NS. The van der Waals surface area contributed by atoms with Gasteiger partial charge in [0, 0.05) is 18.1 Å². The van der Waals surface area contributed by atoms with Crippen molar-refractivity contribution in [3.8, 4) is 0 Å². The molecule has 1 nitrogen and oxygen atoms in total. The van der Waals surface area contributed by atoms with E-state index in [2.05, 4.69) is 55.5 Å². The van der Waals surface area contributed by atoms with Gasteiger partial charge in [-0.2, -0.15) is 11.8 Å². The highest BCUT2D eigenvalue weighted by molar-refractivity contribution is 7.97. The van der Waals surface area contributed by atoms with E-state index in [4.69, 9.17) is 5.73 Å². The van der Waals surface area contributed by atoms with E-state index in [9.17, 15) is 0 Å². The Morgan fingerprint density at radius 1 is 0.833 bits per heavy atom. The fourth-order valence-corrected chi connectivity index (χ4v) is 3.09. The fourth-order valence-electron chi connectivity index (χ4n) is 1.94. The van der Waals surface area contributed by atoms with Crippen LogP contribution in [0.2, 0.25) is 0 Å². The number of hydrogen-bond donors (Lipinski definition) is 1. The topological polar surface area (TPSA) is 26.0 Å². The molecule has 0 aromatic heterocycles. The van der Waals surface area contributed by atoms with Crippen molar-refractivity contribution < 1.29 is 0 Å². The second-order valence-electron chi connectivity index (χ2n) is 4.39. The Morgan fingerprint density at radius 3 is 2.06 bits per heavy atom. The monoisotopic (exact) mass is 257 g/mol. The Balaban J connectivity index is 1.95. The summed E-state index contributed by atoms with van der Waals surface area (Å²) in [7, 11) is 0. The SMILES string of the molecule is Cc1ccccc1CSCc1ccccc1CN. The molecule has 2 rings (SSSR count). The third kappa shape index (κ3) is 3.37. The summed E-state index contributed by atoms with van der Waals surface area (Å²) in [5.41, 5.74) is 11.2. The average molecular weight is 257 g/mol. The van der Waals surface area contributed by atoms with Crippen LogP contribution in [-0.4, -0.2) is 0 Å². The van der Waals surface area contributed by atoms with Gasteiger partial charge in [0.2, 0.25) is 0 Å². The average Bonchev–Trinajstić information content (AvgIpc) is 2.41. The van der Waals surface area contributed by atoms with E-state index >= 15 is 0 Å². The Hall–Kier alpha value is -1.25. The second-order valence-corrected chi connectivity index (χ2v) is 5.38. The van der Waals surface area contributed by atoms with Crippen LogP contribution in [0.3, 0.4) is 0 Å². The molecule has 2 aromatic rings. The fraction of sp³-hybridized carbons (Fsp3) is 0.250. The molecule has 0 aliphatic rings. The molecule has 2 N–H and O–H groups in total. The molecule has 0 aliphatic heterocycles. The van der Waals surface area contributed by atoms with Gasteiger partial charge in [0.25, 0.3) is 0 Å². The van der Waals surface area contributed by atoms with Crippen molar-refractivity contribution in [3.05, 3.63) is 70.8 Å². The van der Waals surface area contributed by atoms with Crippen molar-refractivity contribution in [2.75, 3.05) is 0 Å². The summed E-state index contributed by atoms with van der Waals surface area (Å²) in [5.74, 6) is 2.09. The first-order valence-corrected chi connectivity index (χ1v) is 7.36. The predicted octanol–water partition coefficient (Wildman–Crippen LogP) is 3.89.